The molecule has 0 heterocycles. The standard InChI is InChI=1S/C12H14N2/c1-8-5-9(2)11(14)10(6-8)12(7-13)3-4-12/h5-6H,3-4,14H2,1-2H3. The number of anilines is 1. The zero-order valence-electron chi connectivity index (χ0n) is 8.59. The minimum Gasteiger partial charge on any atom is -0.398 e. The van der Waals surface area contributed by atoms with Crippen LogP contribution in [0.5, 0.6) is 0 Å². The fourth-order valence-electron chi connectivity index (χ4n) is 1.94. The molecule has 0 unspecified atom stereocenters. The summed E-state index contributed by atoms with van der Waals surface area (Å²) in [4.78, 5) is 0. The summed E-state index contributed by atoms with van der Waals surface area (Å²) in [6.45, 7) is 4.04. The molecule has 2 rings (SSSR count). The van der Waals surface area contributed by atoms with Gasteiger partial charge >= 0.3 is 0 Å². The van der Waals surface area contributed by atoms with Gasteiger partial charge < -0.3 is 5.73 Å². The lowest BCUT2D eigenvalue weighted by Gasteiger charge is -2.13. The zero-order valence-corrected chi connectivity index (χ0v) is 8.59. The molecule has 72 valence electrons. The van der Waals surface area contributed by atoms with Gasteiger partial charge in [0.15, 0.2) is 0 Å². The Labute approximate surface area is 84.3 Å². The Hall–Kier alpha value is -1.49. The fraction of sp³-hybridized carbons (Fsp3) is 0.417. The van der Waals surface area contributed by atoms with E-state index in [1.165, 1.54) is 5.56 Å². The molecule has 14 heavy (non-hydrogen) atoms. The largest absolute Gasteiger partial charge is 0.398 e. The van der Waals surface area contributed by atoms with Gasteiger partial charge in [0.25, 0.3) is 0 Å². The highest BCUT2D eigenvalue weighted by Gasteiger charge is 2.46. The molecular formula is C12H14N2. The van der Waals surface area contributed by atoms with Crippen molar-refractivity contribution in [2.45, 2.75) is 32.1 Å². The van der Waals surface area contributed by atoms with Gasteiger partial charge in [-0.3, -0.25) is 0 Å². The molecule has 0 amide bonds. The van der Waals surface area contributed by atoms with E-state index < -0.39 is 0 Å². The Morgan fingerprint density at radius 1 is 1.36 bits per heavy atom. The first-order valence-electron chi connectivity index (χ1n) is 4.87. The first-order chi connectivity index (χ1) is 6.59. The third-order valence-corrected chi connectivity index (χ3v) is 3.01. The summed E-state index contributed by atoms with van der Waals surface area (Å²) in [5.74, 6) is 0. The minimum absolute atomic E-state index is 0.263. The lowest BCUT2D eigenvalue weighted by molar-refractivity contribution is 0.907. The van der Waals surface area contributed by atoms with Crippen molar-refractivity contribution in [1.29, 1.82) is 5.26 Å². The number of benzene rings is 1. The average molecular weight is 186 g/mol. The minimum atomic E-state index is -0.263. The number of rotatable bonds is 1. The van der Waals surface area contributed by atoms with Crippen LogP contribution in [0.3, 0.4) is 0 Å². The van der Waals surface area contributed by atoms with E-state index in [4.69, 9.17) is 11.0 Å². The van der Waals surface area contributed by atoms with Crippen LogP contribution in [0.15, 0.2) is 12.1 Å². The molecule has 1 aromatic carbocycles. The molecule has 0 atom stereocenters. The molecule has 1 aliphatic carbocycles. The summed E-state index contributed by atoms with van der Waals surface area (Å²) in [6.07, 6.45) is 1.91. The van der Waals surface area contributed by atoms with Gasteiger partial charge in [0, 0.05) is 5.69 Å². The molecule has 1 aromatic rings. The number of aryl methyl sites for hydroxylation is 2. The number of nitriles is 1. The number of nitrogen functional groups attached to an aromatic ring is 1. The molecule has 0 aliphatic heterocycles. The topological polar surface area (TPSA) is 49.8 Å². The monoisotopic (exact) mass is 186 g/mol. The van der Waals surface area contributed by atoms with E-state index in [0.717, 1.165) is 29.7 Å². The van der Waals surface area contributed by atoms with Crippen molar-refractivity contribution in [2.24, 2.45) is 0 Å². The molecule has 2 nitrogen and oxygen atoms in total. The molecule has 1 fully saturated rings. The predicted molar refractivity (Wildman–Crippen MR) is 56.9 cm³/mol. The van der Waals surface area contributed by atoms with Crippen molar-refractivity contribution in [3.05, 3.63) is 28.8 Å². The van der Waals surface area contributed by atoms with Crippen molar-refractivity contribution < 1.29 is 0 Å². The van der Waals surface area contributed by atoms with Crippen LogP contribution >= 0.6 is 0 Å². The summed E-state index contributed by atoms with van der Waals surface area (Å²) in [5.41, 5.74) is 9.85. The van der Waals surface area contributed by atoms with Crippen LogP contribution in [0.4, 0.5) is 5.69 Å². The van der Waals surface area contributed by atoms with E-state index in [2.05, 4.69) is 18.2 Å². The highest BCUT2D eigenvalue weighted by atomic mass is 14.6. The van der Waals surface area contributed by atoms with Crippen LogP contribution in [0.1, 0.15) is 29.5 Å². The Kier molecular flexibility index (Phi) is 1.78. The van der Waals surface area contributed by atoms with Crippen molar-refractivity contribution in [1.82, 2.24) is 0 Å². The SMILES string of the molecule is Cc1cc(C)c(N)c(C2(C#N)CC2)c1. The van der Waals surface area contributed by atoms with E-state index in [1.54, 1.807) is 0 Å². The van der Waals surface area contributed by atoms with Gasteiger partial charge in [-0.2, -0.15) is 5.26 Å². The highest BCUT2D eigenvalue weighted by Crippen LogP contribution is 2.50. The van der Waals surface area contributed by atoms with Gasteiger partial charge in [-0.1, -0.05) is 17.7 Å². The second-order valence-electron chi connectivity index (χ2n) is 4.24. The second-order valence-corrected chi connectivity index (χ2v) is 4.24. The van der Waals surface area contributed by atoms with Gasteiger partial charge in [0.1, 0.15) is 0 Å². The Balaban J connectivity index is 2.59. The molecule has 2 N–H and O–H groups in total. The Bertz CT molecular complexity index is 423. The summed E-state index contributed by atoms with van der Waals surface area (Å²) in [7, 11) is 0. The molecule has 1 saturated carbocycles. The second kappa shape index (κ2) is 2.75. The third kappa shape index (κ3) is 1.17. The average Bonchev–Trinajstić information content (AvgIpc) is 2.92. The summed E-state index contributed by atoms with van der Waals surface area (Å²) in [6, 6.07) is 6.50. The van der Waals surface area contributed by atoms with E-state index in [1.807, 2.05) is 13.8 Å². The van der Waals surface area contributed by atoms with E-state index >= 15 is 0 Å². The molecule has 0 radical (unpaired) electrons. The first-order valence-corrected chi connectivity index (χ1v) is 4.87. The lowest BCUT2D eigenvalue weighted by Crippen LogP contribution is -2.08. The van der Waals surface area contributed by atoms with Crippen LogP contribution in [0.2, 0.25) is 0 Å². The van der Waals surface area contributed by atoms with Crippen LogP contribution < -0.4 is 5.73 Å². The van der Waals surface area contributed by atoms with Crippen molar-refractivity contribution in [3.63, 3.8) is 0 Å². The van der Waals surface area contributed by atoms with Gasteiger partial charge in [0.2, 0.25) is 0 Å². The van der Waals surface area contributed by atoms with Crippen LogP contribution in [-0.4, -0.2) is 0 Å². The van der Waals surface area contributed by atoms with Gasteiger partial charge in [-0.15, -0.1) is 0 Å². The van der Waals surface area contributed by atoms with Crippen LogP contribution in [0.25, 0.3) is 0 Å². The maximum Gasteiger partial charge on any atom is 0.0843 e. The first kappa shape index (κ1) is 9.08. The Morgan fingerprint density at radius 3 is 2.50 bits per heavy atom. The van der Waals surface area contributed by atoms with Crippen molar-refractivity contribution in [2.75, 3.05) is 5.73 Å². The number of hydrogen-bond donors (Lipinski definition) is 1. The molecule has 2 heteroatoms. The smallest absolute Gasteiger partial charge is 0.0843 e. The molecule has 1 aliphatic rings. The quantitative estimate of drug-likeness (QED) is 0.685. The normalized spacial score (nSPS) is 17.5. The lowest BCUT2D eigenvalue weighted by atomic mass is 9.92. The summed E-state index contributed by atoms with van der Waals surface area (Å²) in [5, 5.41) is 9.11. The predicted octanol–water partition coefficient (Wildman–Crippen LogP) is 2.44. The van der Waals surface area contributed by atoms with Crippen LogP contribution in [0, 0.1) is 25.2 Å². The number of nitrogens with zero attached hydrogens (tertiary/aromatic N) is 1. The molecule has 0 spiro atoms. The summed E-state index contributed by atoms with van der Waals surface area (Å²) >= 11 is 0. The number of nitrogens with two attached hydrogens (primary N) is 1. The maximum atomic E-state index is 9.11. The van der Waals surface area contributed by atoms with Crippen molar-refractivity contribution in [3.8, 4) is 6.07 Å². The molecular weight excluding hydrogens is 172 g/mol. The van der Waals surface area contributed by atoms with E-state index in [0.29, 0.717) is 0 Å². The molecule has 0 bridgehead atoms. The zero-order chi connectivity index (χ0) is 10.3. The van der Waals surface area contributed by atoms with Crippen LogP contribution in [-0.2, 0) is 5.41 Å². The highest BCUT2D eigenvalue weighted by molar-refractivity contribution is 5.61. The molecule has 0 saturated heterocycles. The molecule has 0 aromatic heterocycles. The third-order valence-electron chi connectivity index (χ3n) is 3.01. The van der Waals surface area contributed by atoms with Crippen molar-refractivity contribution >= 4 is 5.69 Å². The van der Waals surface area contributed by atoms with E-state index in [9.17, 15) is 0 Å². The Morgan fingerprint density at radius 2 is 2.00 bits per heavy atom. The number of hydrogen-bond acceptors (Lipinski definition) is 2. The van der Waals surface area contributed by atoms with Gasteiger partial charge in [0.05, 0.1) is 11.5 Å². The maximum absolute atomic E-state index is 9.11. The fourth-order valence-corrected chi connectivity index (χ4v) is 1.94. The summed E-state index contributed by atoms with van der Waals surface area (Å²) < 4.78 is 0. The van der Waals surface area contributed by atoms with Gasteiger partial charge in [-0.25, -0.2) is 0 Å². The van der Waals surface area contributed by atoms with Gasteiger partial charge in [-0.05, 0) is 37.8 Å². The van der Waals surface area contributed by atoms with E-state index in [-0.39, 0.29) is 5.41 Å².